The molecule has 0 atom stereocenters. The van der Waals surface area contributed by atoms with Crippen molar-refractivity contribution in [2.75, 3.05) is 38.7 Å². The van der Waals surface area contributed by atoms with Gasteiger partial charge in [0.05, 0.1) is 13.2 Å². The highest BCUT2D eigenvalue weighted by atomic mass is 16.5. The van der Waals surface area contributed by atoms with E-state index in [1.165, 1.54) is 25.9 Å². The highest BCUT2D eigenvalue weighted by molar-refractivity contribution is 5.55. The summed E-state index contributed by atoms with van der Waals surface area (Å²) in [5, 5.41) is 3.61. The van der Waals surface area contributed by atoms with Crippen molar-refractivity contribution < 1.29 is 9.47 Å². The lowest BCUT2D eigenvalue weighted by Gasteiger charge is -2.30. The van der Waals surface area contributed by atoms with Crippen LogP contribution in [0.3, 0.4) is 0 Å². The van der Waals surface area contributed by atoms with Crippen molar-refractivity contribution in [1.82, 2.24) is 4.90 Å². The Morgan fingerprint density at radius 1 is 1.11 bits per heavy atom. The monoisotopic (exact) mass is 262 g/mol. The van der Waals surface area contributed by atoms with Crippen LogP contribution >= 0.6 is 0 Å². The van der Waals surface area contributed by atoms with E-state index in [0.29, 0.717) is 6.04 Å². The van der Waals surface area contributed by atoms with Crippen LogP contribution in [0.5, 0.6) is 11.5 Å². The molecule has 0 aliphatic carbocycles. The molecule has 2 aliphatic rings. The quantitative estimate of drug-likeness (QED) is 0.887. The number of fused-ring (bicyclic) bond motifs is 1. The molecule has 1 aromatic rings. The Balaban J connectivity index is 1.66. The van der Waals surface area contributed by atoms with Crippen molar-refractivity contribution in [3.63, 3.8) is 0 Å². The van der Waals surface area contributed by atoms with Gasteiger partial charge >= 0.3 is 0 Å². The van der Waals surface area contributed by atoms with Gasteiger partial charge in [-0.3, -0.25) is 0 Å². The summed E-state index contributed by atoms with van der Waals surface area (Å²) in [4.78, 5) is 2.38. The molecule has 19 heavy (non-hydrogen) atoms. The highest BCUT2D eigenvalue weighted by Gasteiger charge is 2.17. The molecule has 0 amide bonds. The lowest BCUT2D eigenvalue weighted by molar-refractivity contribution is 0.264. The number of anilines is 1. The molecule has 3 rings (SSSR count). The van der Waals surface area contributed by atoms with Crippen LogP contribution in [0.15, 0.2) is 18.2 Å². The van der Waals surface area contributed by atoms with Gasteiger partial charge < -0.3 is 19.7 Å². The van der Waals surface area contributed by atoms with E-state index in [9.17, 15) is 0 Å². The van der Waals surface area contributed by atoms with Crippen molar-refractivity contribution in [2.24, 2.45) is 0 Å². The first-order chi connectivity index (χ1) is 9.31. The fourth-order valence-electron chi connectivity index (χ4n) is 2.64. The van der Waals surface area contributed by atoms with Gasteiger partial charge in [-0.25, -0.2) is 0 Å². The summed E-state index contributed by atoms with van der Waals surface area (Å²) in [7, 11) is 2.18. The second kappa shape index (κ2) is 5.70. The second-order valence-corrected chi connectivity index (χ2v) is 5.43. The Hall–Kier alpha value is -1.42. The fraction of sp³-hybridized carbons (Fsp3) is 0.600. The molecule has 1 fully saturated rings. The summed E-state index contributed by atoms with van der Waals surface area (Å²) in [5.41, 5.74) is 1.14. The van der Waals surface area contributed by atoms with E-state index in [1.54, 1.807) is 0 Å². The molecule has 1 aromatic carbocycles. The molecule has 2 aliphatic heterocycles. The van der Waals surface area contributed by atoms with E-state index in [-0.39, 0.29) is 0 Å². The van der Waals surface area contributed by atoms with Crippen LogP contribution in [0.4, 0.5) is 5.69 Å². The molecule has 0 radical (unpaired) electrons. The predicted octanol–water partition coefficient (Wildman–Crippen LogP) is 2.35. The van der Waals surface area contributed by atoms with Crippen LogP contribution in [0.1, 0.15) is 19.3 Å². The summed E-state index contributed by atoms with van der Waals surface area (Å²) in [6.07, 6.45) is 3.35. The number of nitrogens with one attached hydrogen (secondary N) is 1. The van der Waals surface area contributed by atoms with Gasteiger partial charge in [-0.2, -0.15) is 0 Å². The molecule has 0 spiro atoms. The summed E-state index contributed by atoms with van der Waals surface area (Å²) in [5.74, 6) is 1.74. The maximum Gasteiger partial charge on any atom is 0.163 e. The minimum Gasteiger partial charge on any atom is -0.490 e. The highest BCUT2D eigenvalue weighted by Crippen LogP contribution is 2.32. The fourth-order valence-corrected chi connectivity index (χ4v) is 2.64. The number of nitrogens with zero attached hydrogens (tertiary/aromatic N) is 1. The number of benzene rings is 1. The van der Waals surface area contributed by atoms with E-state index >= 15 is 0 Å². The van der Waals surface area contributed by atoms with Crippen molar-refractivity contribution in [2.45, 2.75) is 25.3 Å². The lowest BCUT2D eigenvalue weighted by Crippen LogP contribution is -2.36. The van der Waals surface area contributed by atoms with Gasteiger partial charge in [0, 0.05) is 24.2 Å². The Morgan fingerprint density at radius 2 is 1.84 bits per heavy atom. The molecule has 0 saturated carbocycles. The zero-order valence-electron chi connectivity index (χ0n) is 11.5. The Bertz CT molecular complexity index is 428. The molecule has 1 saturated heterocycles. The van der Waals surface area contributed by atoms with Crippen molar-refractivity contribution in [1.29, 1.82) is 0 Å². The minimum atomic E-state index is 0.570. The molecule has 1 N–H and O–H groups in total. The minimum absolute atomic E-state index is 0.570. The normalized spacial score (nSPS) is 20.9. The first-order valence-electron chi connectivity index (χ1n) is 7.16. The zero-order chi connectivity index (χ0) is 13.1. The smallest absolute Gasteiger partial charge is 0.163 e. The standard InChI is InChI=1S/C15H22N2O2/c1-17-7-5-12(6-8-17)16-13-3-4-14-15(11-13)19-10-2-9-18-14/h3-4,11-12,16H,2,5-10H2,1H3. The molecule has 0 unspecified atom stereocenters. The lowest BCUT2D eigenvalue weighted by atomic mass is 10.1. The van der Waals surface area contributed by atoms with Crippen molar-refractivity contribution in [3.8, 4) is 11.5 Å². The summed E-state index contributed by atoms with van der Waals surface area (Å²) in [6.45, 7) is 3.82. The largest absolute Gasteiger partial charge is 0.490 e. The second-order valence-electron chi connectivity index (χ2n) is 5.43. The average Bonchev–Trinajstić information content (AvgIpc) is 2.66. The third kappa shape index (κ3) is 3.13. The molecular weight excluding hydrogens is 240 g/mol. The maximum atomic E-state index is 5.72. The van der Waals surface area contributed by atoms with E-state index in [0.717, 1.165) is 36.8 Å². The predicted molar refractivity (Wildman–Crippen MR) is 76.2 cm³/mol. The number of hydrogen-bond donors (Lipinski definition) is 1. The summed E-state index contributed by atoms with van der Waals surface area (Å²) in [6, 6.07) is 6.74. The Kier molecular flexibility index (Phi) is 3.78. The SMILES string of the molecule is CN1CCC(Nc2ccc3c(c2)OCCCO3)CC1. The zero-order valence-corrected chi connectivity index (χ0v) is 11.5. The first-order valence-corrected chi connectivity index (χ1v) is 7.16. The van der Waals surface area contributed by atoms with Gasteiger partial charge in [0.1, 0.15) is 0 Å². The maximum absolute atomic E-state index is 5.72. The molecule has 4 nitrogen and oxygen atoms in total. The van der Waals surface area contributed by atoms with Gasteiger partial charge in [0.25, 0.3) is 0 Å². The van der Waals surface area contributed by atoms with Gasteiger partial charge in [0.15, 0.2) is 11.5 Å². The Labute approximate surface area is 114 Å². The first kappa shape index (κ1) is 12.6. The molecule has 0 bridgehead atoms. The van der Waals surface area contributed by atoms with Gasteiger partial charge in [-0.05, 0) is 45.1 Å². The average molecular weight is 262 g/mol. The van der Waals surface area contributed by atoms with E-state index in [2.05, 4.69) is 29.4 Å². The number of rotatable bonds is 2. The van der Waals surface area contributed by atoms with Crippen LogP contribution in [0, 0.1) is 0 Å². The third-order valence-electron chi connectivity index (χ3n) is 3.84. The molecular formula is C15H22N2O2. The molecule has 104 valence electrons. The van der Waals surface area contributed by atoms with Crippen molar-refractivity contribution >= 4 is 5.69 Å². The van der Waals surface area contributed by atoms with Crippen LogP contribution in [-0.4, -0.2) is 44.3 Å². The number of likely N-dealkylation sites (tertiary alicyclic amines) is 1. The van der Waals surface area contributed by atoms with E-state index in [1.807, 2.05) is 6.07 Å². The van der Waals surface area contributed by atoms with Crippen LogP contribution in [0.2, 0.25) is 0 Å². The van der Waals surface area contributed by atoms with Gasteiger partial charge in [-0.1, -0.05) is 0 Å². The number of piperidine rings is 1. The van der Waals surface area contributed by atoms with Crippen LogP contribution in [0.25, 0.3) is 0 Å². The van der Waals surface area contributed by atoms with Crippen molar-refractivity contribution in [3.05, 3.63) is 18.2 Å². The van der Waals surface area contributed by atoms with Crippen LogP contribution in [-0.2, 0) is 0 Å². The molecule has 4 heteroatoms. The summed E-state index contributed by atoms with van der Waals surface area (Å²) >= 11 is 0. The summed E-state index contributed by atoms with van der Waals surface area (Å²) < 4.78 is 11.4. The third-order valence-corrected chi connectivity index (χ3v) is 3.84. The Morgan fingerprint density at radius 3 is 2.63 bits per heavy atom. The van der Waals surface area contributed by atoms with E-state index in [4.69, 9.17) is 9.47 Å². The number of hydrogen-bond acceptors (Lipinski definition) is 4. The van der Waals surface area contributed by atoms with E-state index < -0.39 is 0 Å². The van der Waals surface area contributed by atoms with Crippen LogP contribution < -0.4 is 14.8 Å². The van der Waals surface area contributed by atoms with Gasteiger partial charge in [-0.15, -0.1) is 0 Å². The molecule has 2 heterocycles. The number of ether oxygens (including phenoxy) is 2. The topological polar surface area (TPSA) is 33.7 Å². The van der Waals surface area contributed by atoms with Gasteiger partial charge in [0.2, 0.25) is 0 Å². The molecule has 0 aromatic heterocycles.